The fourth-order valence-corrected chi connectivity index (χ4v) is 3.81. The van der Waals surface area contributed by atoms with Gasteiger partial charge in [-0.05, 0) is 61.4 Å². The Kier molecular flexibility index (Phi) is 7.79. The maximum atomic E-state index is 13.8. The summed E-state index contributed by atoms with van der Waals surface area (Å²) in [6.07, 6.45) is 1.71. The minimum Gasteiger partial charge on any atom is -0.444 e. The Balaban J connectivity index is 1.84. The second-order valence-electron chi connectivity index (χ2n) is 9.90. The molecule has 0 radical (unpaired) electrons. The summed E-state index contributed by atoms with van der Waals surface area (Å²) in [5, 5.41) is 3.94. The van der Waals surface area contributed by atoms with Gasteiger partial charge in [-0.3, -0.25) is 4.79 Å². The van der Waals surface area contributed by atoms with Gasteiger partial charge >= 0.3 is 6.09 Å². The number of rotatable bonds is 8. The smallest absolute Gasteiger partial charge is 0.408 e. The molecular formula is C27H35N3O3. The van der Waals surface area contributed by atoms with E-state index in [2.05, 4.69) is 30.2 Å². The van der Waals surface area contributed by atoms with Crippen molar-refractivity contribution >= 4 is 22.9 Å². The van der Waals surface area contributed by atoms with Gasteiger partial charge in [0.25, 0.3) is 0 Å². The molecule has 0 aliphatic carbocycles. The van der Waals surface area contributed by atoms with Gasteiger partial charge in [-0.2, -0.15) is 0 Å². The van der Waals surface area contributed by atoms with Crippen molar-refractivity contribution < 1.29 is 14.3 Å². The lowest BCUT2D eigenvalue weighted by Gasteiger charge is -2.30. The van der Waals surface area contributed by atoms with Crippen LogP contribution in [0.5, 0.6) is 0 Å². The van der Waals surface area contributed by atoms with Gasteiger partial charge in [0.1, 0.15) is 11.6 Å². The quantitative estimate of drug-likeness (QED) is 0.491. The number of carbonyl (C=O) groups is 2. The molecule has 0 aliphatic heterocycles. The van der Waals surface area contributed by atoms with Gasteiger partial charge in [0.15, 0.2) is 0 Å². The van der Waals surface area contributed by atoms with Crippen molar-refractivity contribution in [1.82, 2.24) is 15.2 Å². The van der Waals surface area contributed by atoms with Crippen LogP contribution in [0.3, 0.4) is 0 Å². The van der Waals surface area contributed by atoms with Gasteiger partial charge in [0.2, 0.25) is 5.91 Å². The molecule has 2 amide bonds. The molecule has 0 bridgehead atoms. The van der Waals surface area contributed by atoms with Gasteiger partial charge in [0, 0.05) is 31.2 Å². The van der Waals surface area contributed by atoms with E-state index >= 15 is 0 Å². The van der Waals surface area contributed by atoms with Crippen LogP contribution in [-0.2, 0) is 22.5 Å². The molecule has 2 aromatic carbocycles. The molecule has 0 spiro atoms. The molecule has 0 saturated carbocycles. The molecular weight excluding hydrogens is 414 g/mol. The van der Waals surface area contributed by atoms with Gasteiger partial charge in [-0.1, -0.05) is 50.2 Å². The van der Waals surface area contributed by atoms with Crippen LogP contribution in [0.4, 0.5) is 4.79 Å². The summed E-state index contributed by atoms with van der Waals surface area (Å²) in [5.74, 6) is 0.163. The molecule has 0 fully saturated rings. The topological polar surface area (TPSA) is 74.4 Å². The van der Waals surface area contributed by atoms with Crippen molar-refractivity contribution in [3.05, 3.63) is 71.9 Å². The number of aromatic amines is 1. The van der Waals surface area contributed by atoms with Gasteiger partial charge in [-0.25, -0.2) is 4.79 Å². The summed E-state index contributed by atoms with van der Waals surface area (Å²) < 4.78 is 5.45. The third-order valence-electron chi connectivity index (χ3n) is 5.16. The summed E-state index contributed by atoms with van der Waals surface area (Å²) in [4.78, 5) is 31.4. The van der Waals surface area contributed by atoms with Crippen molar-refractivity contribution in [1.29, 1.82) is 0 Å². The zero-order chi connectivity index (χ0) is 24.0. The normalized spacial score (nSPS) is 12.5. The van der Waals surface area contributed by atoms with E-state index in [4.69, 9.17) is 4.74 Å². The molecule has 1 atom stereocenters. The predicted molar refractivity (Wildman–Crippen MR) is 132 cm³/mol. The first-order valence-corrected chi connectivity index (χ1v) is 11.5. The average Bonchev–Trinajstić information content (AvgIpc) is 3.19. The SMILES string of the molecule is CC(C)CN(Cc1ccc2[nH]ccc2c1)C(=O)[C@H](Cc1ccccc1)NC(=O)OC(C)(C)C. The molecule has 0 aliphatic rings. The number of benzene rings is 2. The number of fused-ring (bicyclic) bond motifs is 1. The van der Waals surface area contributed by atoms with E-state index in [0.717, 1.165) is 22.0 Å². The minimum absolute atomic E-state index is 0.118. The number of carbonyl (C=O) groups excluding carboxylic acids is 2. The second kappa shape index (κ2) is 10.6. The highest BCUT2D eigenvalue weighted by atomic mass is 16.6. The first-order chi connectivity index (χ1) is 15.6. The van der Waals surface area contributed by atoms with Crippen LogP contribution in [0.1, 0.15) is 45.7 Å². The van der Waals surface area contributed by atoms with Crippen LogP contribution in [0.2, 0.25) is 0 Å². The maximum Gasteiger partial charge on any atom is 0.408 e. The highest BCUT2D eigenvalue weighted by Gasteiger charge is 2.29. The number of H-pyrrole nitrogens is 1. The molecule has 3 aromatic rings. The molecule has 176 valence electrons. The second-order valence-corrected chi connectivity index (χ2v) is 9.90. The van der Waals surface area contributed by atoms with Crippen LogP contribution >= 0.6 is 0 Å². The zero-order valence-corrected chi connectivity index (χ0v) is 20.2. The molecule has 0 saturated heterocycles. The Morgan fingerprint density at radius 1 is 1.03 bits per heavy atom. The molecule has 0 unspecified atom stereocenters. The van der Waals surface area contributed by atoms with Crippen molar-refractivity contribution in [2.45, 2.75) is 59.2 Å². The highest BCUT2D eigenvalue weighted by Crippen LogP contribution is 2.18. The first-order valence-electron chi connectivity index (χ1n) is 11.5. The maximum absolute atomic E-state index is 13.8. The fourth-order valence-electron chi connectivity index (χ4n) is 3.81. The summed E-state index contributed by atoms with van der Waals surface area (Å²) in [5.41, 5.74) is 2.44. The number of hydrogen-bond donors (Lipinski definition) is 2. The van der Waals surface area contributed by atoms with Crippen molar-refractivity contribution in [2.75, 3.05) is 6.54 Å². The molecule has 3 rings (SSSR count). The lowest BCUT2D eigenvalue weighted by atomic mass is 10.0. The summed E-state index contributed by atoms with van der Waals surface area (Å²) in [6.45, 7) is 10.7. The number of amides is 2. The monoisotopic (exact) mass is 449 g/mol. The molecule has 1 heterocycles. The van der Waals surface area contributed by atoms with E-state index < -0.39 is 17.7 Å². The predicted octanol–water partition coefficient (Wildman–Crippen LogP) is 5.29. The van der Waals surface area contributed by atoms with Gasteiger partial charge in [0.05, 0.1) is 0 Å². The van der Waals surface area contributed by atoms with Crippen LogP contribution in [0.15, 0.2) is 60.8 Å². The Morgan fingerprint density at radius 3 is 2.42 bits per heavy atom. The Morgan fingerprint density at radius 2 is 1.76 bits per heavy atom. The number of hydrogen-bond acceptors (Lipinski definition) is 3. The van der Waals surface area contributed by atoms with E-state index in [0.29, 0.717) is 19.5 Å². The molecule has 6 heteroatoms. The number of alkyl carbamates (subject to hydrolysis) is 1. The Labute approximate surface area is 196 Å². The number of aromatic nitrogens is 1. The fraction of sp³-hybridized carbons (Fsp3) is 0.407. The van der Waals surface area contributed by atoms with Gasteiger partial charge in [-0.15, -0.1) is 0 Å². The van der Waals surface area contributed by atoms with E-state index in [9.17, 15) is 9.59 Å². The lowest BCUT2D eigenvalue weighted by Crippen LogP contribution is -2.51. The summed E-state index contributed by atoms with van der Waals surface area (Å²) in [7, 11) is 0. The highest BCUT2D eigenvalue weighted by molar-refractivity contribution is 5.86. The number of ether oxygens (including phenoxy) is 1. The molecule has 6 nitrogen and oxygen atoms in total. The van der Waals surface area contributed by atoms with E-state index in [1.807, 2.05) is 80.4 Å². The standard InChI is InChI=1S/C27H35N3O3/c1-19(2)17-30(18-21-11-12-23-22(15-21)13-14-28-23)25(31)24(16-20-9-7-6-8-10-20)29-26(32)33-27(3,4)5/h6-15,19,24,28H,16-18H2,1-5H3,(H,29,32)/t24-/m0/s1. The van der Waals surface area contributed by atoms with Crippen LogP contribution in [0.25, 0.3) is 10.9 Å². The lowest BCUT2D eigenvalue weighted by molar-refractivity contribution is -0.134. The Bertz CT molecular complexity index is 1070. The third-order valence-corrected chi connectivity index (χ3v) is 5.16. The third kappa shape index (κ3) is 7.38. The zero-order valence-electron chi connectivity index (χ0n) is 20.2. The molecule has 2 N–H and O–H groups in total. The van der Waals surface area contributed by atoms with Crippen molar-refractivity contribution in [3.8, 4) is 0 Å². The average molecular weight is 450 g/mol. The summed E-state index contributed by atoms with van der Waals surface area (Å²) in [6, 6.07) is 17.2. The number of nitrogens with zero attached hydrogens (tertiary/aromatic N) is 1. The van der Waals surface area contributed by atoms with Gasteiger partial charge < -0.3 is 19.9 Å². The minimum atomic E-state index is -0.725. The van der Waals surface area contributed by atoms with E-state index in [1.54, 1.807) is 0 Å². The van der Waals surface area contributed by atoms with Crippen LogP contribution < -0.4 is 5.32 Å². The van der Waals surface area contributed by atoms with E-state index in [1.165, 1.54) is 0 Å². The van der Waals surface area contributed by atoms with Crippen LogP contribution in [-0.4, -0.2) is 40.1 Å². The Hall–Kier alpha value is -3.28. The molecule has 33 heavy (non-hydrogen) atoms. The summed E-state index contributed by atoms with van der Waals surface area (Å²) >= 11 is 0. The van der Waals surface area contributed by atoms with Crippen molar-refractivity contribution in [3.63, 3.8) is 0 Å². The van der Waals surface area contributed by atoms with E-state index in [-0.39, 0.29) is 11.8 Å². The largest absolute Gasteiger partial charge is 0.444 e. The molecule has 1 aromatic heterocycles. The van der Waals surface area contributed by atoms with Crippen molar-refractivity contribution in [2.24, 2.45) is 5.92 Å². The number of nitrogens with one attached hydrogen (secondary N) is 2. The first kappa shape index (κ1) is 24.4. The van der Waals surface area contributed by atoms with Crippen LogP contribution in [0, 0.1) is 5.92 Å².